The highest BCUT2D eigenvalue weighted by Crippen LogP contribution is 2.21. The summed E-state index contributed by atoms with van der Waals surface area (Å²) in [4.78, 5) is 37.1. The molecule has 1 aromatic carbocycles. The zero-order valence-corrected chi connectivity index (χ0v) is 13.6. The normalized spacial score (nSPS) is 23.3. The zero-order valence-electron chi connectivity index (χ0n) is 13.6. The number of carboxylic acid groups (broad SMARTS) is 1. The van der Waals surface area contributed by atoms with Gasteiger partial charge >= 0.3 is 5.97 Å². The molecule has 2 N–H and O–H groups in total. The van der Waals surface area contributed by atoms with E-state index < -0.39 is 18.2 Å². The molecule has 0 radical (unpaired) electrons. The molecule has 1 aromatic rings. The Morgan fingerprint density at radius 3 is 2.28 bits per heavy atom. The lowest BCUT2D eigenvalue weighted by molar-refractivity contribution is -0.150. The van der Waals surface area contributed by atoms with E-state index in [9.17, 15) is 14.4 Å². The van der Waals surface area contributed by atoms with E-state index in [0.717, 1.165) is 0 Å². The Balaban J connectivity index is 1.56. The lowest BCUT2D eigenvalue weighted by Crippen LogP contribution is -2.40. The van der Waals surface area contributed by atoms with Gasteiger partial charge in [-0.1, -0.05) is 0 Å². The molecule has 2 aliphatic heterocycles. The molecule has 0 saturated carbocycles. The average molecular weight is 348 g/mol. The van der Waals surface area contributed by atoms with Crippen LogP contribution in [0.5, 0.6) is 0 Å². The number of hydrogen-bond acceptors (Lipinski definition) is 5. The van der Waals surface area contributed by atoms with Gasteiger partial charge in [-0.15, -0.1) is 0 Å². The van der Waals surface area contributed by atoms with Crippen LogP contribution in [0, 0.1) is 0 Å². The van der Waals surface area contributed by atoms with E-state index in [1.54, 1.807) is 29.2 Å². The summed E-state index contributed by atoms with van der Waals surface area (Å²) < 4.78 is 10.4. The minimum atomic E-state index is -1.05. The number of carbonyl (C=O) groups is 3. The number of hydrogen-bond donors (Lipinski definition) is 2. The fourth-order valence-electron chi connectivity index (χ4n) is 2.88. The van der Waals surface area contributed by atoms with Crippen molar-refractivity contribution >= 4 is 23.5 Å². The van der Waals surface area contributed by atoms with Crippen molar-refractivity contribution in [2.45, 2.75) is 25.0 Å². The van der Waals surface area contributed by atoms with Crippen molar-refractivity contribution in [2.24, 2.45) is 0 Å². The van der Waals surface area contributed by atoms with Crippen LogP contribution in [-0.4, -0.2) is 66.3 Å². The van der Waals surface area contributed by atoms with Crippen molar-refractivity contribution < 1.29 is 29.0 Å². The molecule has 25 heavy (non-hydrogen) atoms. The largest absolute Gasteiger partial charge is 0.479 e. The van der Waals surface area contributed by atoms with Crippen LogP contribution in [0.15, 0.2) is 24.3 Å². The van der Waals surface area contributed by atoms with E-state index in [0.29, 0.717) is 50.4 Å². The number of morpholine rings is 1. The first-order chi connectivity index (χ1) is 12.0. The van der Waals surface area contributed by atoms with Crippen LogP contribution in [-0.2, 0) is 19.1 Å². The number of nitrogens with one attached hydrogen (secondary N) is 1. The molecule has 2 heterocycles. The highest BCUT2D eigenvalue weighted by Gasteiger charge is 2.34. The molecule has 8 nitrogen and oxygen atoms in total. The van der Waals surface area contributed by atoms with Crippen LogP contribution in [0.3, 0.4) is 0 Å². The molecule has 3 rings (SSSR count). The molecule has 2 aliphatic rings. The van der Waals surface area contributed by atoms with Crippen molar-refractivity contribution in [3.8, 4) is 0 Å². The minimum Gasteiger partial charge on any atom is -0.479 e. The summed E-state index contributed by atoms with van der Waals surface area (Å²) >= 11 is 0. The molecule has 0 spiro atoms. The Labute approximate surface area is 144 Å². The van der Waals surface area contributed by atoms with Crippen LogP contribution in [0.25, 0.3) is 0 Å². The second-order valence-corrected chi connectivity index (χ2v) is 6.00. The van der Waals surface area contributed by atoms with E-state index >= 15 is 0 Å². The lowest BCUT2D eigenvalue weighted by Gasteiger charge is -2.26. The Morgan fingerprint density at radius 2 is 1.68 bits per heavy atom. The SMILES string of the molecule is O=C(Nc1ccc(C(=O)N2CCOCC2)cc1)[C@@H]1CC[C@H](C(=O)O)O1. The molecule has 8 heteroatoms. The Hall–Kier alpha value is -2.45. The molecule has 0 unspecified atom stereocenters. The van der Waals surface area contributed by atoms with Crippen molar-refractivity contribution in [2.75, 3.05) is 31.6 Å². The molecule has 2 saturated heterocycles. The molecule has 134 valence electrons. The fourth-order valence-corrected chi connectivity index (χ4v) is 2.88. The van der Waals surface area contributed by atoms with Crippen LogP contribution >= 0.6 is 0 Å². The number of benzene rings is 1. The summed E-state index contributed by atoms with van der Waals surface area (Å²) in [6.45, 7) is 2.22. The van der Waals surface area contributed by atoms with Gasteiger partial charge in [0.1, 0.15) is 6.10 Å². The second-order valence-electron chi connectivity index (χ2n) is 6.00. The summed E-state index contributed by atoms with van der Waals surface area (Å²) in [7, 11) is 0. The van der Waals surface area contributed by atoms with Crippen LogP contribution in [0.2, 0.25) is 0 Å². The van der Waals surface area contributed by atoms with Crippen molar-refractivity contribution in [3.63, 3.8) is 0 Å². The Morgan fingerprint density at radius 1 is 1.04 bits per heavy atom. The van der Waals surface area contributed by atoms with Gasteiger partial charge in [0.15, 0.2) is 6.10 Å². The number of amides is 2. The number of nitrogens with zero attached hydrogens (tertiary/aromatic N) is 1. The molecule has 2 atom stereocenters. The number of ether oxygens (including phenoxy) is 2. The average Bonchev–Trinajstić information content (AvgIpc) is 3.13. The second kappa shape index (κ2) is 7.62. The first-order valence-corrected chi connectivity index (χ1v) is 8.21. The summed E-state index contributed by atoms with van der Waals surface area (Å²) in [6, 6.07) is 6.61. The summed E-state index contributed by atoms with van der Waals surface area (Å²) in [5.41, 5.74) is 1.08. The smallest absolute Gasteiger partial charge is 0.332 e. The van der Waals surface area contributed by atoms with Gasteiger partial charge in [0.25, 0.3) is 11.8 Å². The van der Waals surface area contributed by atoms with Crippen LogP contribution in [0.4, 0.5) is 5.69 Å². The molecular weight excluding hydrogens is 328 g/mol. The van der Waals surface area contributed by atoms with Crippen molar-refractivity contribution in [1.29, 1.82) is 0 Å². The first-order valence-electron chi connectivity index (χ1n) is 8.21. The number of carbonyl (C=O) groups excluding carboxylic acids is 2. The fraction of sp³-hybridized carbons (Fsp3) is 0.471. The van der Waals surface area contributed by atoms with Gasteiger partial charge in [0, 0.05) is 24.3 Å². The molecule has 2 fully saturated rings. The van der Waals surface area contributed by atoms with Gasteiger partial charge in [-0.05, 0) is 37.1 Å². The third-order valence-corrected chi connectivity index (χ3v) is 4.29. The highest BCUT2D eigenvalue weighted by molar-refractivity contribution is 5.97. The molecule has 2 amide bonds. The van der Waals surface area contributed by atoms with Gasteiger partial charge in [-0.25, -0.2) is 4.79 Å². The maximum Gasteiger partial charge on any atom is 0.332 e. The van der Waals surface area contributed by atoms with E-state index in [1.165, 1.54) is 0 Å². The van der Waals surface area contributed by atoms with Crippen LogP contribution < -0.4 is 5.32 Å². The Kier molecular flexibility index (Phi) is 5.30. The first kappa shape index (κ1) is 17.4. The third kappa shape index (κ3) is 4.15. The third-order valence-electron chi connectivity index (χ3n) is 4.29. The number of anilines is 1. The monoisotopic (exact) mass is 348 g/mol. The highest BCUT2D eigenvalue weighted by atomic mass is 16.5. The van der Waals surface area contributed by atoms with E-state index in [1.807, 2.05) is 0 Å². The van der Waals surface area contributed by atoms with Gasteiger partial charge in [-0.2, -0.15) is 0 Å². The van der Waals surface area contributed by atoms with Crippen molar-refractivity contribution in [1.82, 2.24) is 4.90 Å². The zero-order chi connectivity index (χ0) is 17.8. The van der Waals surface area contributed by atoms with Gasteiger partial charge in [0.05, 0.1) is 13.2 Å². The van der Waals surface area contributed by atoms with Gasteiger partial charge < -0.3 is 24.8 Å². The quantitative estimate of drug-likeness (QED) is 0.831. The summed E-state index contributed by atoms with van der Waals surface area (Å²) in [5.74, 6) is -1.50. The van der Waals surface area contributed by atoms with Gasteiger partial charge in [-0.3, -0.25) is 9.59 Å². The number of rotatable bonds is 4. The van der Waals surface area contributed by atoms with E-state index in [2.05, 4.69) is 5.32 Å². The molecule has 0 aromatic heterocycles. The topological polar surface area (TPSA) is 105 Å². The predicted octanol–water partition coefficient (Wildman–Crippen LogP) is 0.730. The van der Waals surface area contributed by atoms with E-state index in [-0.39, 0.29) is 11.8 Å². The molecule has 0 aliphatic carbocycles. The molecule has 0 bridgehead atoms. The maximum absolute atomic E-state index is 12.3. The summed E-state index contributed by atoms with van der Waals surface area (Å²) in [5, 5.41) is 11.6. The molecular formula is C17H20N2O6. The predicted molar refractivity (Wildman–Crippen MR) is 87.3 cm³/mol. The van der Waals surface area contributed by atoms with E-state index in [4.69, 9.17) is 14.6 Å². The lowest BCUT2D eigenvalue weighted by atomic mass is 10.1. The minimum absolute atomic E-state index is 0.0652. The maximum atomic E-state index is 12.3. The Bertz CT molecular complexity index is 654. The number of aliphatic carboxylic acids is 1. The number of carboxylic acids is 1. The van der Waals surface area contributed by atoms with Crippen LogP contribution in [0.1, 0.15) is 23.2 Å². The standard InChI is InChI=1S/C17H20N2O6/c20-15(13-5-6-14(25-13)17(22)23)18-12-3-1-11(2-4-12)16(21)19-7-9-24-10-8-19/h1-4,13-14H,5-10H2,(H,18,20)(H,22,23)/t13-,14+/m0/s1. The summed E-state index contributed by atoms with van der Waals surface area (Å²) in [6.07, 6.45) is -1.00. The van der Waals surface area contributed by atoms with Crippen molar-refractivity contribution in [3.05, 3.63) is 29.8 Å². The van der Waals surface area contributed by atoms with Gasteiger partial charge in [0.2, 0.25) is 0 Å².